The van der Waals surface area contributed by atoms with Gasteiger partial charge in [-0.2, -0.15) is 0 Å². The predicted molar refractivity (Wildman–Crippen MR) is 83.4 cm³/mol. The number of rotatable bonds is 5. The van der Waals surface area contributed by atoms with Crippen molar-refractivity contribution >= 4 is 17.2 Å². The first-order chi connectivity index (χ1) is 10.3. The van der Waals surface area contributed by atoms with Crippen molar-refractivity contribution in [1.29, 1.82) is 0 Å². The summed E-state index contributed by atoms with van der Waals surface area (Å²) in [6.45, 7) is 5.89. The Kier molecular flexibility index (Phi) is 5.24. The van der Waals surface area contributed by atoms with Gasteiger partial charge in [-0.3, -0.25) is 9.69 Å². The van der Waals surface area contributed by atoms with Gasteiger partial charge in [0, 0.05) is 31.1 Å². The number of carbonyl (C=O) groups is 1. The van der Waals surface area contributed by atoms with Crippen molar-refractivity contribution in [2.75, 3.05) is 45.9 Å². The lowest BCUT2D eigenvalue weighted by Crippen LogP contribution is -2.44. The van der Waals surface area contributed by atoms with Gasteiger partial charge in [-0.15, -0.1) is 11.3 Å². The summed E-state index contributed by atoms with van der Waals surface area (Å²) in [4.78, 5) is 16.0. The second kappa shape index (κ2) is 7.35. The summed E-state index contributed by atoms with van der Waals surface area (Å²) in [5.74, 6) is 0.327. The third-order valence-corrected chi connectivity index (χ3v) is 5.23. The lowest BCUT2D eigenvalue weighted by molar-refractivity contribution is -0.124. The van der Waals surface area contributed by atoms with Gasteiger partial charge < -0.3 is 15.4 Å². The van der Waals surface area contributed by atoms with Crippen LogP contribution in [0.25, 0.3) is 0 Å². The van der Waals surface area contributed by atoms with Crippen LogP contribution in [0.5, 0.6) is 0 Å². The molecule has 3 rings (SSSR count). The van der Waals surface area contributed by atoms with E-state index < -0.39 is 0 Å². The smallest absolute Gasteiger partial charge is 0.224 e. The van der Waals surface area contributed by atoms with Crippen LogP contribution in [0, 0.1) is 5.92 Å². The molecule has 2 fully saturated rings. The zero-order valence-electron chi connectivity index (χ0n) is 12.2. The number of thiophene rings is 1. The molecule has 2 saturated heterocycles. The standard InChI is InChI=1S/C15H23N3O2S/c19-15(12-3-4-16-10-12)17-11-13(14-2-1-9-21-14)18-5-7-20-8-6-18/h1-2,9,12-13,16H,3-8,10-11H2,(H,17,19). The molecule has 3 heterocycles. The zero-order chi connectivity index (χ0) is 14.5. The molecule has 1 aromatic heterocycles. The van der Waals surface area contributed by atoms with Gasteiger partial charge >= 0.3 is 0 Å². The van der Waals surface area contributed by atoms with Crippen molar-refractivity contribution in [3.05, 3.63) is 22.4 Å². The minimum absolute atomic E-state index is 0.138. The van der Waals surface area contributed by atoms with E-state index in [4.69, 9.17) is 4.74 Å². The zero-order valence-corrected chi connectivity index (χ0v) is 13.0. The molecule has 5 nitrogen and oxygen atoms in total. The third-order valence-electron chi connectivity index (χ3n) is 4.26. The van der Waals surface area contributed by atoms with Crippen LogP contribution in [0.3, 0.4) is 0 Å². The lowest BCUT2D eigenvalue weighted by Gasteiger charge is -2.34. The molecule has 2 aliphatic heterocycles. The second-order valence-electron chi connectivity index (χ2n) is 5.61. The number of morpholine rings is 1. The Morgan fingerprint density at radius 3 is 3.05 bits per heavy atom. The average Bonchev–Trinajstić information content (AvgIpc) is 3.22. The van der Waals surface area contributed by atoms with E-state index in [1.807, 2.05) is 0 Å². The molecule has 2 N–H and O–H groups in total. The lowest BCUT2D eigenvalue weighted by atomic mass is 10.1. The van der Waals surface area contributed by atoms with E-state index in [0.29, 0.717) is 6.54 Å². The van der Waals surface area contributed by atoms with Gasteiger partial charge in [0.1, 0.15) is 0 Å². The number of ether oxygens (including phenoxy) is 1. The molecule has 0 saturated carbocycles. The van der Waals surface area contributed by atoms with E-state index in [1.54, 1.807) is 11.3 Å². The first kappa shape index (κ1) is 15.0. The molecule has 2 atom stereocenters. The van der Waals surface area contributed by atoms with Crippen molar-refractivity contribution in [1.82, 2.24) is 15.5 Å². The number of nitrogens with one attached hydrogen (secondary N) is 2. The summed E-state index contributed by atoms with van der Waals surface area (Å²) >= 11 is 1.76. The average molecular weight is 309 g/mol. The van der Waals surface area contributed by atoms with E-state index >= 15 is 0 Å². The van der Waals surface area contributed by atoms with Crippen LogP contribution < -0.4 is 10.6 Å². The van der Waals surface area contributed by atoms with E-state index in [-0.39, 0.29) is 17.9 Å². The van der Waals surface area contributed by atoms with E-state index in [2.05, 4.69) is 33.0 Å². The van der Waals surface area contributed by atoms with Gasteiger partial charge in [0.25, 0.3) is 0 Å². The molecule has 2 aliphatic rings. The highest BCUT2D eigenvalue weighted by Crippen LogP contribution is 2.25. The first-order valence-electron chi connectivity index (χ1n) is 7.68. The van der Waals surface area contributed by atoms with Gasteiger partial charge in [-0.25, -0.2) is 0 Å². The summed E-state index contributed by atoms with van der Waals surface area (Å²) in [6, 6.07) is 4.51. The normalized spacial score (nSPS) is 24.9. The van der Waals surface area contributed by atoms with Crippen LogP contribution in [0.2, 0.25) is 0 Å². The SMILES string of the molecule is O=C(NCC(c1cccs1)N1CCOCC1)C1CCNC1. The van der Waals surface area contributed by atoms with E-state index in [1.165, 1.54) is 4.88 Å². The number of nitrogens with zero attached hydrogens (tertiary/aromatic N) is 1. The van der Waals surface area contributed by atoms with Crippen LogP contribution in [0.4, 0.5) is 0 Å². The van der Waals surface area contributed by atoms with E-state index in [0.717, 1.165) is 45.8 Å². The summed E-state index contributed by atoms with van der Waals surface area (Å²) < 4.78 is 5.44. The Morgan fingerprint density at radius 1 is 1.52 bits per heavy atom. The molecule has 116 valence electrons. The van der Waals surface area contributed by atoms with Crippen molar-refractivity contribution in [3.8, 4) is 0 Å². The maximum atomic E-state index is 12.2. The quantitative estimate of drug-likeness (QED) is 0.847. The van der Waals surface area contributed by atoms with Gasteiger partial charge in [-0.1, -0.05) is 6.07 Å². The van der Waals surface area contributed by atoms with Crippen LogP contribution in [-0.4, -0.2) is 56.7 Å². The highest BCUT2D eigenvalue weighted by atomic mass is 32.1. The Bertz CT molecular complexity index is 440. The second-order valence-corrected chi connectivity index (χ2v) is 6.59. The molecule has 1 aromatic rings. The highest BCUT2D eigenvalue weighted by molar-refractivity contribution is 7.10. The number of carbonyl (C=O) groups excluding carboxylic acids is 1. The summed E-state index contributed by atoms with van der Waals surface area (Å²) in [5.41, 5.74) is 0. The van der Waals surface area contributed by atoms with Crippen molar-refractivity contribution in [3.63, 3.8) is 0 Å². The maximum Gasteiger partial charge on any atom is 0.224 e. The Labute approximate surface area is 129 Å². The number of amides is 1. The van der Waals surface area contributed by atoms with Crippen LogP contribution in [-0.2, 0) is 9.53 Å². The predicted octanol–water partition coefficient (Wildman–Crippen LogP) is 0.847. The molecule has 0 spiro atoms. The molecule has 6 heteroatoms. The molecule has 1 amide bonds. The van der Waals surface area contributed by atoms with Crippen molar-refractivity contribution < 1.29 is 9.53 Å². The third kappa shape index (κ3) is 3.83. The van der Waals surface area contributed by atoms with Crippen molar-refractivity contribution in [2.24, 2.45) is 5.92 Å². The number of hydrogen-bond donors (Lipinski definition) is 2. The van der Waals surface area contributed by atoms with Gasteiger partial charge in [-0.05, 0) is 24.4 Å². The molecule has 0 radical (unpaired) electrons. The Balaban J connectivity index is 1.60. The van der Waals surface area contributed by atoms with Crippen LogP contribution in [0.15, 0.2) is 17.5 Å². The maximum absolute atomic E-state index is 12.2. The fourth-order valence-electron chi connectivity index (χ4n) is 3.00. The topological polar surface area (TPSA) is 53.6 Å². The Hall–Kier alpha value is -0.950. The van der Waals surface area contributed by atoms with Gasteiger partial charge in [0.05, 0.1) is 25.2 Å². The molecule has 0 bridgehead atoms. The van der Waals surface area contributed by atoms with Gasteiger partial charge in [0.15, 0.2) is 0 Å². The number of hydrogen-bond acceptors (Lipinski definition) is 5. The highest BCUT2D eigenvalue weighted by Gasteiger charge is 2.26. The van der Waals surface area contributed by atoms with Crippen LogP contribution in [0.1, 0.15) is 17.3 Å². The fourth-order valence-corrected chi connectivity index (χ4v) is 3.86. The largest absolute Gasteiger partial charge is 0.379 e. The molecular weight excluding hydrogens is 286 g/mol. The molecule has 21 heavy (non-hydrogen) atoms. The minimum atomic E-state index is 0.138. The fraction of sp³-hybridized carbons (Fsp3) is 0.667. The molecule has 0 aromatic carbocycles. The summed E-state index contributed by atoms with van der Waals surface area (Å²) in [7, 11) is 0. The molecule has 0 aliphatic carbocycles. The van der Waals surface area contributed by atoms with E-state index in [9.17, 15) is 4.79 Å². The summed E-state index contributed by atoms with van der Waals surface area (Å²) in [6.07, 6.45) is 0.951. The molecule has 2 unspecified atom stereocenters. The Morgan fingerprint density at radius 2 is 2.38 bits per heavy atom. The monoisotopic (exact) mass is 309 g/mol. The van der Waals surface area contributed by atoms with Gasteiger partial charge in [0.2, 0.25) is 5.91 Å². The summed E-state index contributed by atoms with van der Waals surface area (Å²) in [5, 5.41) is 8.50. The molecular formula is C15H23N3O2S. The minimum Gasteiger partial charge on any atom is -0.379 e. The van der Waals surface area contributed by atoms with Crippen molar-refractivity contribution in [2.45, 2.75) is 12.5 Å². The van der Waals surface area contributed by atoms with Crippen LogP contribution >= 0.6 is 11.3 Å². The first-order valence-corrected chi connectivity index (χ1v) is 8.56.